The monoisotopic (exact) mass is 193 g/mol. The van der Waals surface area contributed by atoms with Gasteiger partial charge in [-0.1, -0.05) is 0 Å². The van der Waals surface area contributed by atoms with Crippen molar-refractivity contribution in [3.8, 4) is 0 Å². The van der Waals surface area contributed by atoms with Crippen molar-refractivity contribution in [3.63, 3.8) is 0 Å². The van der Waals surface area contributed by atoms with Gasteiger partial charge in [0.2, 0.25) is 0 Å². The minimum Gasteiger partial charge on any atom is -0.289 e. The number of thiophene rings is 1. The zero-order chi connectivity index (χ0) is 9.26. The van der Waals surface area contributed by atoms with Crippen LogP contribution in [0.25, 0.3) is 10.1 Å². The molecule has 0 spiro atoms. The number of hydrogen-bond acceptors (Lipinski definition) is 4. The van der Waals surface area contributed by atoms with Crippen molar-refractivity contribution >= 4 is 27.3 Å². The number of pyridine rings is 1. The van der Waals surface area contributed by atoms with Crippen LogP contribution in [0.3, 0.4) is 0 Å². The second kappa shape index (κ2) is 3.12. The smallest absolute Gasteiger partial charge is 0.275 e. The highest BCUT2D eigenvalue weighted by atomic mass is 32.1. The molecule has 5 heteroatoms. The van der Waals surface area contributed by atoms with E-state index in [0.29, 0.717) is 4.88 Å². The third-order valence-electron chi connectivity index (χ3n) is 1.68. The Bertz CT molecular complexity index is 418. The number of carbonyl (C=O) groups is 1. The lowest BCUT2D eigenvalue weighted by Crippen LogP contribution is -2.29. The van der Waals surface area contributed by atoms with Crippen LogP contribution in [0.1, 0.15) is 9.67 Å². The van der Waals surface area contributed by atoms with Crippen molar-refractivity contribution in [2.75, 3.05) is 0 Å². The summed E-state index contributed by atoms with van der Waals surface area (Å²) < 4.78 is 0.987. The fourth-order valence-electron chi connectivity index (χ4n) is 1.07. The van der Waals surface area contributed by atoms with E-state index in [-0.39, 0.29) is 5.91 Å². The topological polar surface area (TPSA) is 68.0 Å². The van der Waals surface area contributed by atoms with Gasteiger partial charge < -0.3 is 0 Å². The van der Waals surface area contributed by atoms with Gasteiger partial charge in [0.25, 0.3) is 5.91 Å². The van der Waals surface area contributed by atoms with Gasteiger partial charge in [-0.15, -0.1) is 11.3 Å². The van der Waals surface area contributed by atoms with Crippen molar-refractivity contribution in [1.29, 1.82) is 0 Å². The quantitative estimate of drug-likeness (QED) is 0.401. The van der Waals surface area contributed by atoms with Crippen molar-refractivity contribution in [1.82, 2.24) is 10.4 Å². The van der Waals surface area contributed by atoms with E-state index in [1.54, 1.807) is 18.5 Å². The molecule has 13 heavy (non-hydrogen) atoms. The van der Waals surface area contributed by atoms with Gasteiger partial charge in [-0.3, -0.25) is 15.2 Å². The molecule has 0 aliphatic heterocycles. The summed E-state index contributed by atoms with van der Waals surface area (Å²) in [5.74, 6) is 4.75. The number of amides is 1. The molecule has 2 aromatic heterocycles. The molecular weight excluding hydrogens is 186 g/mol. The molecule has 0 aromatic carbocycles. The first kappa shape index (κ1) is 8.15. The number of hydrazine groups is 1. The average molecular weight is 193 g/mol. The van der Waals surface area contributed by atoms with Gasteiger partial charge in [0, 0.05) is 12.4 Å². The van der Waals surface area contributed by atoms with Crippen molar-refractivity contribution in [2.45, 2.75) is 0 Å². The summed E-state index contributed by atoms with van der Waals surface area (Å²) >= 11 is 1.38. The van der Waals surface area contributed by atoms with E-state index in [1.165, 1.54) is 11.3 Å². The summed E-state index contributed by atoms with van der Waals surface area (Å²) in [4.78, 5) is 15.7. The largest absolute Gasteiger partial charge is 0.289 e. The average Bonchev–Trinajstić information content (AvgIpc) is 2.59. The van der Waals surface area contributed by atoms with E-state index >= 15 is 0 Å². The minimum atomic E-state index is -0.263. The lowest BCUT2D eigenvalue weighted by Gasteiger charge is -1.90. The highest BCUT2D eigenvalue weighted by molar-refractivity contribution is 7.20. The molecule has 0 aliphatic rings. The third kappa shape index (κ3) is 1.39. The number of hydrogen-bond donors (Lipinski definition) is 2. The van der Waals surface area contributed by atoms with E-state index in [4.69, 9.17) is 5.84 Å². The predicted octanol–water partition coefficient (Wildman–Crippen LogP) is 0.900. The number of carbonyl (C=O) groups excluding carboxylic acids is 1. The van der Waals surface area contributed by atoms with Crippen LogP contribution in [-0.2, 0) is 0 Å². The first-order chi connectivity index (χ1) is 6.31. The number of nitrogens with two attached hydrogens (primary N) is 1. The molecule has 0 fully saturated rings. The molecule has 0 radical (unpaired) electrons. The Balaban J connectivity index is 2.56. The van der Waals surface area contributed by atoms with Crippen LogP contribution in [0.2, 0.25) is 0 Å². The van der Waals surface area contributed by atoms with E-state index < -0.39 is 0 Å². The maximum Gasteiger partial charge on any atom is 0.275 e. The summed E-state index contributed by atoms with van der Waals surface area (Å²) in [6.45, 7) is 0. The minimum absolute atomic E-state index is 0.263. The Labute approximate surface area is 78.4 Å². The van der Waals surface area contributed by atoms with E-state index in [1.807, 2.05) is 6.07 Å². The van der Waals surface area contributed by atoms with E-state index in [2.05, 4.69) is 10.4 Å². The number of aromatic nitrogens is 1. The molecule has 4 nitrogen and oxygen atoms in total. The van der Waals surface area contributed by atoms with E-state index in [9.17, 15) is 4.79 Å². The highest BCUT2D eigenvalue weighted by Crippen LogP contribution is 2.23. The highest BCUT2D eigenvalue weighted by Gasteiger charge is 2.07. The van der Waals surface area contributed by atoms with Gasteiger partial charge in [0.1, 0.15) is 0 Å². The lowest BCUT2D eigenvalue weighted by atomic mass is 10.3. The number of nitrogens with one attached hydrogen (secondary N) is 1. The number of nitrogen functional groups attached to an aromatic ring is 1. The van der Waals surface area contributed by atoms with Gasteiger partial charge in [0.15, 0.2) is 0 Å². The molecule has 0 atom stereocenters. The first-order valence-electron chi connectivity index (χ1n) is 3.66. The molecule has 1 amide bonds. The molecule has 0 bridgehead atoms. The lowest BCUT2D eigenvalue weighted by molar-refractivity contribution is 0.0958. The number of rotatable bonds is 1. The summed E-state index contributed by atoms with van der Waals surface area (Å²) in [7, 11) is 0. The third-order valence-corrected chi connectivity index (χ3v) is 2.76. The first-order valence-corrected chi connectivity index (χ1v) is 4.47. The molecule has 0 unspecified atom stereocenters. The molecule has 3 N–H and O–H groups in total. The summed E-state index contributed by atoms with van der Waals surface area (Å²) in [5.41, 5.74) is 2.09. The zero-order valence-electron chi connectivity index (χ0n) is 6.65. The molecule has 2 aromatic rings. The molecule has 0 saturated carbocycles. The second-order valence-corrected chi connectivity index (χ2v) is 3.58. The predicted molar refractivity (Wildman–Crippen MR) is 51.3 cm³/mol. The molecular formula is C8H7N3OS. The van der Waals surface area contributed by atoms with Gasteiger partial charge >= 0.3 is 0 Å². The Morgan fingerprint density at radius 1 is 1.62 bits per heavy atom. The Kier molecular flexibility index (Phi) is 1.96. The maximum atomic E-state index is 11.1. The van der Waals surface area contributed by atoms with Crippen LogP contribution in [0.5, 0.6) is 0 Å². The van der Waals surface area contributed by atoms with Crippen LogP contribution in [-0.4, -0.2) is 10.9 Å². The van der Waals surface area contributed by atoms with Gasteiger partial charge in [-0.05, 0) is 17.5 Å². The summed E-state index contributed by atoms with van der Waals surface area (Å²) in [5, 5.41) is 1.01. The number of fused-ring (bicyclic) bond motifs is 1. The SMILES string of the molecule is NNC(=O)c1cc2ccncc2s1. The van der Waals surface area contributed by atoms with Crippen LogP contribution in [0, 0.1) is 0 Å². The van der Waals surface area contributed by atoms with Crippen LogP contribution < -0.4 is 11.3 Å². The molecule has 2 rings (SSSR count). The van der Waals surface area contributed by atoms with E-state index in [0.717, 1.165) is 10.1 Å². The standard InChI is InChI=1S/C8H7N3OS/c9-11-8(12)6-3-5-1-2-10-4-7(5)13-6/h1-4H,9H2,(H,11,12). The molecule has 66 valence electrons. The fourth-order valence-corrected chi connectivity index (χ4v) is 2.00. The fraction of sp³-hybridized carbons (Fsp3) is 0. The van der Waals surface area contributed by atoms with Gasteiger partial charge in [-0.2, -0.15) is 0 Å². The van der Waals surface area contributed by atoms with Crippen LogP contribution >= 0.6 is 11.3 Å². The van der Waals surface area contributed by atoms with Gasteiger partial charge in [0.05, 0.1) is 9.58 Å². The number of nitrogens with zero attached hydrogens (tertiary/aromatic N) is 1. The van der Waals surface area contributed by atoms with Crippen LogP contribution in [0.15, 0.2) is 24.5 Å². The molecule has 0 saturated heterocycles. The second-order valence-electron chi connectivity index (χ2n) is 2.50. The summed E-state index contributed by atoms with van der Waals surface area (Å²) in [6.07, 6.45) is 3.42. The zero-order valence-corrected chi connectivity index (χ0v) is 7.47. The molecule has 2 heterocycles. The van der Waals surface area contributed by atoms with Crippen molar-refractivity contribution < 1.29 is 4.79 Å². The van der Waals surface area contributed by atoms with Crippen molar-refractivity contribution in [3.05, 3.63) is 29.4 Å². The van der Waals surface area contributed by atoms with Crippen LogP contribution in [0.4, 0.5) is 0 Å². The maximum absolute atomic E-state index is 11.1. The Hall–Kier alpha value is -1.46. The molecule has 0 aliphatic carbocycles. The van der Waals surface area contributed by atoms with Crippen molar-refractivity contribution in [2.24, 2.45) is 5.84 Å². The Morgan fingerprint density at radius 3 is 3.15 bits per heavy atom. The Morgan fingerprint density at radius 2 is 2.46 bits per heavy atom. The normalized spacial score (nSPS) is 10.2. The van der Waals surface area contributed by atoms with Gasteiger partial charge in [-0.25, -0.2) is 5.84 Å². The summed E-state index contributed by atoms with van der Waals surface area (Å²) in [6, 6.07) is 3.66.